The fourth-order valence-electron chi connectivity index (χ4n) is 2.17. The lowest BCUT2D eigenvalue weighted by molar-refractivity contribution is -0.385. The summed E-state index contributed by atoms with van der Waals surface area (Å²) in [7, 11) is 0. The third kappa shape index (κ3) is 3.64. The van der Waals surface area contributed by atoms with E-state index < -0.39 is 0 Å². The molecule has 1 saturated carbocycles. The molecule has 19 heavy (non-hydrogen) atoms. The molecule has 104 valence electrons. The smallest absolute Gasteiger partial charge is 0.277 e. The summed E-state index contributed by atoms with van der Waals surface area (Å²) in [4.78, 5) is 17.1. The summed E-state index contributed by atoms with van der Waals surface area (Å²) in [6, 6.07) is 2.25. The molecule has 1 aromatic rings. The molecule has 0 aliphatic heterocycles. The van der Waals surface area contributed by atoms with Gasteiger partial charge in [-0.3, -0.25) is 15.0 Å². The number of nitrogens with zero attached hydrogens (tertiary/aromatic N) is 3. The Kier molecular flexibility index (Phi) is 4.31. The number of aromatic nitrogens is 1. The minimum absolute atomic E-state index is 0.118. The maximum absolute atomic E-state index is 10.8. The Morgan fingerprint density at radius 2 is 2.32 bits per heavy atom. The highest BCUT2D eigenvalue weighted by atomic mass is 16.6. The first-order valence-corrected chi connectivity index (χ1v) is 6.70. The van der Waals surface area contributed by atoms with Gasteiger partial charge in [-0.25, -0.2) is 4.98 Å². The number of nitro groups is 1. The van der Waals surface area contributed by atoms with Gasteiger partial charge >= 0.3 is 0 Å². The second-order valence-electron chi connectivity index (χ2n) is 4.90. The van der Waals surface area contributed by atoms with Gasteiger partial charge in [0.15, 0.2) is 0 Å². The lowest BCUT2D eigenvalue weighted by Gasteiger charge is -2.19. The van der Waals surface area contributed by atoms with E-state index in [1.807, 2.05) is 0 Å². The minimum atomic E-state index is -0.370. The summed E-state index contributed by atoms with van der Waals surface area (Å²) in [5.74, 6) is 0.573. The van der Waals surface area contributed by atoms with Crippen LogP contribution in [0.4, 0.5) is 11.5 Å². The lowest BCUT2D eigenvalue weighted by Crippen LogP contribution is -2.31. The number of hydrogen-bond acceptors (Lipinski definition) is 5. The Bertz CT molecular complexity index is 460. The normalized spacial score (nSPS) is 14.7. The van der Waals surface area contributed by atoms with E-state index in [0.717, 1.165) is 25.7 Å². The average molecular weight is 264 g/mol. The van der Waals surface area contributed by atoms with E-state index in [0.29, 0.717) is 11.4 Å². The molecular formula is C13H20N4O2. The van der Waals surface area contributed by atoms with Crippen molar-refractivity contribution in [2.45, 2.75) is 32.7 Å². The van der Waals surface area contributed by atoms with Crippen LogP contribution in [-0.2, 0) is 0 Å². The second-order valence-corrected chi connectivity index (χ2v) is 4.90. The van der Waals surface area contributed by atoms with Crippen LogP contribution in [0.25, 0.3) is 0 Å². The largest absolute Gasteiger partial charge is 0.369 e. The quantitative estimate of drug-likeness (QED) is 0.604. The Hall–Kier alpha value is -1.69. The second kappa shape index (κ2) is 5.97. The molecule has 1 heterocycles. The van der Waals surface area contributed by atoms with Gasteiger partial charge in [-0.1, -0.05) is 6.92 Å². The number of pyridine rings is 1. The van der Waals surface area contributed by atoms with E-state index >= 15 is 0 Å². The first-order valence-electron chi connectivity index (χ1n) is 6.70. The summed E-state index contributed by atoms with van der Waals surface area (Å²) in [6.45, 7) is 6.62. The van der Waals surface area contributed by atoms with Crippen molar-refractivity contribution in [1.82, 2.24) is 9.88 Å². The third-order valence-electron chi connectivity index (χ3n) is 3.45. The van der Waals surface area contributed by atoms with Crippen LogP contribution in [0.1, 0.15) is 25.3 Å². The molecular weight excluding hydrogens is 244 g/mol. The molecule has 6 nitrogen and oxygen atoms in total. The van der Waals surface area contributed by atoms with Crippen molar-refractivity contribution in [3.8, 4) is 0 Å². The van der Waals surface area contributed by atoms with Crippen LogP contribution >= 0.6 is 0 Å². The monoisotopic (exact) mass is 264 g/mol. The van der Waals surface area contributed by atoms with Crippen LogP contribution in [0.2, 0.25) is 0 Å². The molecule has 1 aliphatic carbocycles. The first-order chi connectivity index (χ1) is 9.11. The van der Waals surface area contributed by atoms with E-state index in [2.05, 4.69) is 22.1 Å². The van der Waals surface area contributed by atoms with Crippen molar-refractivity contribution in [2.24, 2.45) is 0 Å². The van der Waals surface area contributed by atoms with Crippen LogP contribution in [0.3, 0.4) is 0 Å². The van der Waals surface area contributed by atoms with E-state index in [4.69, 9.17) is 0 Å². The predicted octanol–water partition coefficient (Wildman–Crippen LogP) is 2.19. The van der Waals surface area contributed by atoms with E-state index in [1.165, 1.54) is 18.9 Å². The van der Waals surface area contributed by atoms with Gasteiger partial charge in [-0.15, -0.1) is 0 Å². The number of likely N-dealkylation sites (N-methyl/N-ethyl adjacent to an activating group) is 1. The number of rotatable bonds is 7. The number of aryl methyl sites for hydroxylation is 1. The van der Waals surface area contributed by atoms with Gasteiger partial charge in [-0.05, 0) is 26.3 Å². The molecule has 1 fully saturated rings. The van der Waals surface area contributed by atoms with Gasteiger partial charge in [0, 0.05) is 30.9 Å². The fraction of sp³-hybridized carbons (Fsp3) is 0.615. The van der Waals surface area contributed by atoms with Crippen molar-refractivity contribution in [3.63, 3.8) is 0 Å². The number of hydrogen-bond donors (Lipinski definition) is 1. The van der Waals surface area contributed by atoms with Crippen LogP contribution in [0, 0.1) is 17.0 Å². The summed E-state index contributed by atoms with van der Waals surface area (Å²) >= 11 is 0. The Labute approximate surface area is 113 Å². The minimum Gasteiger partial charge on any atom is -0.369 e. The topological polar surface area (TPSA) is 71.3 Å². The molecule has 6 heteroatoms. The van der Waals surface area contributed by atoms with E-state index in [1.54, 1.807) is 13.1 Å². The molecule has 1 N–H and O–H groups in total. The molecule has 0 atom stereocenters. The summed E-state index contributed by atoms with van der Waals surface area (Å²) in [5.41, 5.74) is 0.704. The van der Waals surface area contributed by atoms with Crippen molar-refractivity contribution in [1.29, 1.82) is 0 Å². The van der Waals surface area contributed by atoms with Crippen molar-refractivity contribution < 1.29 is 4.92 Å². The van der Waals surface area contributed by atoms with E-state index in [-0.39, 0.29) is 10.6 Å². The number of nitrogens with one attached hydrogen (secondary N) is 1. The Morgan fingerprint density at radius 1 is 1.58 bits per heavy atom. The summed E-state index contributed by atoms with van der Waals surface area (Å²) in [5, 5.41) is 14.0. The highest BCUT2D eigenvalue weighted by molar-refractivity contribution is 5.48. The third-order valence-corrected chi connectivity index (χ3v) is 3.45. The molecule has 0 spiro atoms. The van der Waals surface area contributed by atoms with Crippen molar-refractivity contribution in [3.05, 3.63) is 27.9 Å². The lowest BCUT2D eigenvalue weighted by atomic mass is 10.2. The molecule has 0 bridgehead atoms. The Balaban J connectivity index is 1.88. The zero-order chi connectivity index (χ0) is 13.8. The van der Waals surface area contributed by atoms with Crippen molar-refractivity contribution in [2.75, 3.05) is 25.0 Å². The summed E-state index contributed by atoms with van der Waals surface area (Å²) in [6.07, 6.45) is 4.13. The number of anilines is 1. The SMILES string of the molecule is CCN(CCNc1cc([N+](=O)[O-])c(C)cn1)C1CC1. The van der Waals surface area contributed by atoms with Crippen LogP contribution < -0.4 is 5.32 Å². The maximum atomic E-state index is 10.8. The van der Waals surface area contributed by atoms with Gasteiger partial charge in [0.05, 0.1) is 11.0 Å². The average Bonchev–Trinajstić information content (AvgIpc) is 3.20. The van der Waals surface area contributed by atoms with Gasteiger partial charge < -0.3 is 5.32 Å². The van der Waals surface area contributed by atoms with E-state index in [9.17, 15) is 10.1 Å². The van der Waals surface area contributed by atoms with Crippen LogP contribution in [-0.4, -0.2) is 40.5 Å². The predicted molar refractivity (Wildman–Crippen MR) is 74.4 cm³/mol. The molecule has 1 aliphatic rings. The zero-order valence-corrected chi connectivity index (χ0v) is 11.4. The molecule has 1 aromatic heterocycles. The summed E-state index contributed by atoms with van der Waals surface area (Å²) < 4.78 is 0. The molecule has 2 rings (SSSR count). The molecule has 0 unspecified atom stereocenters. The van der Waals surface area contributed by atoms with Gasteiger partial charge in [0.1, 0.15) is 5.82 Å². The van der Waals surface area contributed by atoms with Gasteiger partial charge in [-0.2, -0.15) is 0 Å². The maximum Gasteiger partial charge on any atom is 0.277 e. The van der Waals surface area contributed by atoms with Gasteiger partial charge in [0.25, 0.3) is 5.69 Å². The van der Waals surface area contributed by atoms with Crippen molar-refractivity contribution >= 4 is 11.5 Å². The standard InChI is InChI=1S/C13H20N4O2/c1-3-16(11-4-5-11)7-6-14-13-8-12(17(18)19)10(2)9-15-13/h8-9,11H,3-7H2,1-2H3,(H,14,15). The van der Waals surface area contributed by atoms with Gasteiger partial charge in [0.2, 0.25) is 0 Å². The first kappa shape index (κ1) is 13.7. The molecule has 0 amide bonds. The molecule has 0 radical (unpaired) electrons. The molecule has 0 aromatic carbocycles. The highest BCUT2D eigenvalue weighted by Gasteiger charge is 2.27. The fourth-order valence-corrected chi connectivity index (χ4v) is 2.17. The highest BCUT2D eigenvalue weighted by Crippen LogP contribution is 2.26. The molecule has 0 saturated heterocycles. The van der Waals surface area contributed by atoms with Crippen LogP contribution in [0.15, 0.2) is 12.3 Å². The van der Waals surface area contributed by atoms with Crippen LogP contribution in [0.5, 0.6) is 0 Å². The zero-order valence-electron chi connectivity index (χ0n) is 11.4. The Morgan fingerprint density at radius 3 is 2.89 bits per heavy atom.